The Labute approximate surface area is 191 Å². The van der Waals surface area contributed by atoms with E-state index < -0.39 is 5.54 Å². The molecule has 0 radical (unpaired) electrons. The van der Waals surface area contributed by atoms with E-state index in [0.717, 1.165) is 16.9 Å². The zero-order chi connectivity index (χ0) is 23.6. The molecule has 9 nitrogen and oxygen atoms in total. The minimum Gasteiger partial charge on any atom is -0.469 e. The molecule has 0 aliphatic carbocycles. The van der Waals surface area contributed by atoms with Crippen molar-refractivity contribution in [3.63, 3.8) is 0 Å². The molecule has 3 aromatic rings. The van der Waals surface area contributed by atoms with Gasteiger partial charge in [0.05, 0.1) is 12.8 Å². The third-order valence-corrected chi connectivity index (χ3v) is 6.03. The first-order chi connectivity index (χ1) is 15.8. The van der Waals surface area contributed by atoms with E-state index in [1.807, 2.05) is 37.3 Å². The summed E-state index contributed by atoms with van der Waals surface area (Å²) in [6, 6.07) is 13.0. The number of amides is 3. The summed E-state index contributed by atoms with van der Waals surface area (Å²) in [5.41, 5.74) is 1.37. The van der Waals surface area contributed by atoms with Gasteiger partial charge in [-0.25, -0.2) is 0 Å². The third kappa shape index (κ3) is 4.52. The molecule has 3 heterocycles. The topological polar surface area (TPSA) is 109 Å². The van der Waals surface area contributed by atoms with Gasteiger partial charge in [-0.15, -0.1) is 0 Å². The Balaban J connectivity index is 1.43. The molecule has 172 valence electrons. The number of benzene rings is 1. The number of carbonyl (C=O) groups excluding carboxylic acids is 3. The van der Waals surface area contributed by atoms with E-state index in [1.165, 1.54) is 15.6 Å². The van der Waals surface area contributed by atoms with Crippen LogP contribution in [0, 0.1) is 6.92 Å². The molecule has 0 spiro atoms. The van der Waals surface area contributed by atoms with Gasteiger partial charge in [-0.1, -0.05) is 29.8 Å². The van der Waals surface area contributed by atoms with Crippen LogP contribution in [0.3, 0.4) is 0 Å². The smallest absolute Gasteiger partial charge is 0.272 e. The zero-order valence-electron chi connectivity index (χ0n) is 18.9. The Morgan fingerprint density at radius 2 is 1.94 bits per heavy atom. The van der Waals surface area contributed by atoms with E-state index in [-0.39, 0.29) is 35.7 Å². The lowest BCUT2D eigenvalue weighted by atomic mass is 9.95. The van der Waals surface area contributed by atoms with Gasteiger partial charge in [0.15, 0.2) is 5.69 Å². The molecule has 1 aliphatic heterocycles. The lowest BCUT2D eigenvalue weighted by Gasteiger charge is -2.40. The van der Waals surface area contributed by atoms with Crippen molar-refractivity contribution in [1.29, 1.82) is 0 Å². The fraction of sp³-hybridized carbons (Fsp3) is 0.333. The van der Waals surface area contributed by atoms with E-state index in [4.69, 9.17) is 4.42 Å². The second kappa shape index (κ2) is 8.93. The molecule has 0 saturated carbocycles. The van der Waals surface area contributed by atoms with Gasteiger partial charge < -0.3 is 20.0 Å². The standard InChI is InChI=1S/C24H27N5O4/c1-16-6-8-17(9-7-16)14-26-23(32)24(2)15-29-20(22(31)28(24)3)13-19(27-29)21(30)25-11-10-18-5-4-12-33-18/h4-9,12-13H,10-11,14-15H2,1-3H3,(H,25,30)(H,26,32)/t24-/m1/s1. The SMILES string of the molecule is Cc1ccc(CNC(=O)[C@@]2(C)Cn3nc(C(=O)NCCc4ccco4)cc3C(=O)N2C)cc1. The van der Waals surface area contributed by atoms with Crippen molar-refractivity contribution in [2.75, 3.05) is 13.6 Å². The van der Waals surface area contributed by atoms with Crippen LogP contribution in [0.2, 0.25) is 0 Å². The number of aryl methyl sites for hydroxylation is 1. The van der Waals surface area contributed by atoms with Crippen molar-refractivity contribution >= 4 is 17.7 Å². The molecule has 0 saturated heterocycles. The first-order valence-electron chi connectivity index (χ1n) is 10.8. The van der Waals surface area contributed by atoms with Gasteiger partial charge in [0, 0.05) is 32.6 Å². The Hall–Kier alpha value is -3.88. The average Bonchev–Trinajstić information content (AvgIpc) is 3.47. The number of rotatable bonds is 7. The zero-order valence-corrected chi connectivity index (χ0v) is 18.9. The average molecular weight is 450 g/mol. The van der Waals surface area contributed by atoms with E-state index >= 15 is 0 Å². The predicted octanol–water partition coefficient (Wildman–Crippen LogP) is 1.92. The van der Waals surface area contributed by atoms with E-state index in [0.29, 0.717) is 19.5 Å². The molecule has 3 amide bonds. The van der Waals surface area contributed by atoms with Crippen LogP contribution >= 0.6 is 0 Å². The molecule has 0 bridgehead atoms. The molecular weight excluding hydrogens is 422 g/mol. The Kier molecular flexibility index (Phi) is 6.04. The van der Waals surface area contributed by atoms with Gasteiger partial charge in [-0.2, -0.15) is 5.10 Å². The van der Waals surface area contributed by atoms with Crippen molar-refractivity contribution in [3.05, 3.63) is 77.0 Å². The summed E-state index contributed by atoms with van der Waals surface area (Å²) in [4.78, 5) is 40.0. The number of nitrogens with one attached hydrogen (secondary N) is 2. The normalized spacial score (nSPS) is 17.5. The van der Waals surface area contributed by atoms with Crippen LogP contribution in [0.5, 0.6) is 0 Å². The molecule has 4 rings (SSSR count). The highest BCUT2D eigenvalue weighted by Crippen LogP contribution is 2.26. The molecule has 2 N–H and O–H groups in total. The van der Waals surface area contributed by atoms with Crippen LogP contribution in [0.1, 0.15) is 44.8 Å². The second-order valence-corrected chi connectivity index (χ2v) is 8.46. The fourth-order valence-electron chi connectivity index (χ4n) is 3.76. The number of fused-ring (bicyclic) bond motifs is 1. The van der Waals surface area contributed by atoms with Gasteiger partial charge >= 0.3 is 0 Å². The van der Waals surface area contributed by atoms with Gasteiger partial charge in [-0.05, 0) is 31.5 Å². The maximum atomic E-state index is 13.1. The van der Waals surface area contributed by atoms with Gasteiger partial charge in [-0.3, -0.25) is 19.1 Å². The summed E-state index contributed by atoms with van der Waals surface area (Å²) in [5, 5.41) is 10.0. The van der Waals surface area contributed by atoms with E-state index in [9.17, 15) is 14.4 Å². The number of nitrogens with zero attached hydrogens (tertiary/aromatic N) is 3. The number of carbonyl (C=O) groups is 3. The summed E-state index contributed by atoms with van der Waals surface area (Å²) < 4.78 is 6.69. The maximum Gasteiger partial charge on any atom is 0.272 e. The lowest BCUT2D eigenvalue weighted by molar-refractivity contribution is -0.132. The second-order valence-electron chi connectivity index (χ2n) is 8.46. The molecule has 2 aromatic heterocycles. The molecule has 1 aliphatic rings. The van der Waals surface area contributed by atoms with E-state index in [1.54, 1.807) is 26.3 Å². The van der Waals surface area contributed by atoms with Crippen LogP contribution in [0.15, 0.2) is 53.1 Å². The predicted molar refractivity (Wildman–Crippen MR) is 120 cm³/mol. The summed E-state index contributed by atoms with van der Waals surface area (Å²) in [6.45, 7) is 4.57. The third-order valence-electron chi connectivity index (χ3n) is 6.03. The Bertz CT molecular complexity index is 1170. The minimum absolute atomic E-state index is 0.135. The molecule has 33 heavy (non-hydrogen) atoms. The van der Waals surface area contributed by atoms with Crippen LogP contribution in [-0.2, 0) is 24.3 Å². The maximum absolute atomic E-state index is 13.1. The molecule has 0 unspecified atom stereocenters. The van der Waals surface area contributed by atoms with Crippen molar-refractivity contribution in [2.45, 2.75) is 38.9 Å². The lowest BCUT2D eigenvalue weighted by Crippen LogP contribution is -2.62. The summed E-state index contributed by atoms with van der Waals surface area (Å²) in [6.07, 6.45) is 2.13. The first-order valence-corrected chi connectivity index (χ1v) is 10.8. The van der Waals surface area contributed by atoms with Crippen LogP contribution in [-0.4, -0.2) is 51.5 Å². The fourth-order valence-corrected chi connectivity index (χ4v) is 3.76. The number of hydrogen-bond acceptors (Lipinski definition) is 5. The number of furan rings is 1. The highest BCUT2D eigenvalue weighted by atomic mass is 16.3. The van der Waals surface area contributed by atoms with Crippen LogP contribution in [0.4, 0.5) is 0 Å². The first kappa shape index (κ1) is 22.3. The molecule has 1 aromatic carbocycles. The molecule has 9 heteroatoms. The molecule has 0 fully saturated rings. The number of aromatic nitrogens is 2. The van der Waals surface area contributed by atoms with Crippen LogP contribution in [0.25, 0.3) is 0 Å². The Morgan fingerprint density at radius 1 is 1.18 bits per heavy atom. The molecule has 1 atom stereocenters. The monoisotopic (exact) mass is 449 g/mol. The molecular formula is C24H27N5O4. The van der Waals surface area contributed by atoms with Crippen molar-refractivity contribution in [2.24, 2.45) is 0 Å². The van der Waals surface area contributed by atoms with Gasteiger partial charge in [0.2, 0.25) is 5.91 Å². The largest absolute Gasteiger partial charge is 0.469 e. The van der Waals surface area contributed by atoms with Gasteiger partial charge in [0.25, 0.3) is 11.8 Å². The summed E-state index contributed by atoms with van der Waals surface area (Å²) >= 11 is 0. The highest BCUT2D eigenvalue weighted by molar-refractivity contribution is 6.01. The van der Waals surface area contributed by atoms with Crippen molar-refractivity contribution in [1.82, 2.24) is 25.3 Å². The number of likely N-dealkylation sites (N-methyl/N-ethyl adjacent to an activating group) is 1. The minimum atomic E-state index is -1.15. The summed E-state index contributed by atoms with van der Waals surface area (Å²) in [7, 11) is 1.59. The number of hydrogen-bond donors (Lipinski definition) is 2. The Morgan fingerprint density at radius 3 is 2.64 bits per heavy atom. The van der Waals surface area contributed by atoms with Crippen molar-refractivity contribution < 1.29 is 18.8 Å². The van der Waals surface area contributed by atoms with Crippen molar-refractivity contribution in [3.8, 4) is 0 Å². The highest BCUT2D eigenvalue weighted by Gasteiger charge is 2.46. The summed E-state index contributed by atoms with van der Waals surface area (Å²) in [5.74, 6) is -0.269. The quantitative estimate of drug-likeness (QED) is 0.573. The van der Waals surface area contributed by atoms with E-state index in [2.05, 4.69) is 15.7 Å². The van der Waals surface area contributed by atoms with Crippen LogP contribution < -0.4 is 10.6 Å². The van der Waals surface area contributed by atoms with Gasteiger partial charge in [0.1, 0.15) is 17.0 Å².